The van der Waals surface area contributed by atoms with Gasteiger partial charge in [0.1, 0.15) is 11.9 Å². The summed E-state index contributed by atoms with van der Waals surface area (Å²) in [6.07, 6.45) is 1.17. The first-order valence-electron chi connectivity index (χ1n) is 10.4. The molecule has 3 heteroatoms. The van der Waals surface area contributed by atoms with Crippen molar-refractivity contribution in [3.8, 4) is 5.75 Å². The highest BCUT2D eigenvalue weighted by atomic mass is 16.5. The van der Waals surface area contributed by atoms with Gasteiger partial charge in [0, 0.05) is 13.1 Å². The van der Waals surface area contributed by atoms with Crippen molar-refractivity contribution >= 4 is 0 Å². The third-order valence-corrected chi connectivity index (χ3v) is 5.73. The largest absolute Gasteiger partial charge is 0.497 e. The fourth-order valence-corrected chi connectivity index (χ4v) is 4.14. The molecule has 1 atom stereocenters. The van der Waals surface area contributed by atoms with E-state index in [1.807, 2.05) is 6.07 Å². The molecule has 3 nitrogen and oxygen atoms in total. The molecule has 1 unspecified atom stereocenters. The molecule has 1 saturated heterocycles. The fraction of sp³-hybridized carbons (Fsp3) is 0.308. The number of likely N-dealkylation sites (tertiary alicyclic amines) is 1. The summed E-state index contributed by atoms with van der Waals surface area (Å²) in [5.74, 6) is 1.52. The zero-order chi connectivity index (χ0) is 19.9. The second kappa shape index (κ2) is 9.73. The van der Waals surface area contributed by atoms with Gasteiger partial charge in [-0.3, -0.25) is 0 Å². The van der Waals surface area contributed by atoms with Crippen LogP contribution in [0, 0.1) is 0 Å². The highest BCUT2D eigenvalue weighted by Crippen LogP contribution is 2.30. The summed E-state index contributed by atoms with van der Waals surface area (Å²) in [6, 6.07) is 29.5. The van der Waals surface area contributed by atoms with Crippen molar-refractivity contribution in [2.75, 3.05) is 33.4 Å². The first-order valence-corrected chi connectivity index (χ1v) is 10.4. The minimum Gasteiger partial charge on any atom is -0.497 e. The second-order valence-corrected chi connectivity index (χ2v) is 7.64. The number of hydrogen-bond donors (Lipinski definition) is 0. The lowest BCUT2D eigenvalue weighted by atomic mass is 9.98. The Bertz CT molecular complexity index is 842. The van der Waals surface area contributed by atoms with Crippen LogP contribution in [0.3, 0.4) is 0 Å². The van der Waals surface area contributed by atoms with E-state index in [0.29, 0.717) is 5.92 Å². The van der Waals surface area contributed by atoms with Gasteiger partial charge in [0.15, 0.2) is 0 Å². The van der Waals surface area contributed by atoms with Crippen molar-refractivity contribution in [1.29, 1.82) is 0 Å². The topological polar surface area (TPSA) is 21.7 Å². The summed E-state index contributed by atoms with van der Waals surface area (Å²) < 4.78 is 11.8. The van der Waals surface area contributed by atoms with Gasteiger partial charge in [-0.15, -0.1) is 0 Å². The molecule has 0 aromatic heterocycles. The van der Waals surface area contributed by atoms with Crippen molar-refractivity contribution in [3.05, 3.63) is 102 Å². The molecule has 0 amide bonds. The Morgan fingerprint density at radius 2 is 1.59 bits per heavy atom. The molecule has 0 aliphatic carbocycles. The van der Waals surface area contributed by atoms with Gasteiger partial charge in [-0.2, -0.15) is 0 Å². The van der Waals surface area contributed by atoms with Gasteiger partial charge >= 0.3 is 0 Å². The average molecular weight is 388 g/mol. The Morgan fingerprint density at radius 3 is 2.24 bits per heavy atom. The molecule has 4 rings (SSSR count). The third-order valence-electron chi connectivity index (χ3n) is 5.73. The predicted molar refractivity (Wildman–Crippen MR) is 117 cm³/mol. The lowest BCUT2D eigenvalue weighted by molar-refractivity contribution is 0.0642. The van der Waals surface area contributed by atoms with Crippen molar-refractivity contribution in [3.63, 3.8) is 0 Å². The second-order valence-electron chi connectivity index (χ2n) is 7.64. The van der Waals surface area contributed by atoms with Gasteiger partial charge in [0.05, 0.1) is 13.7 Å². The Balaban J connectivity index is 1.35. The Labute approximate surface area is 173 Å². The summed E-state index contributed by atoms with van der Waals surface area (Å²) in [7, 11) is 1.73. The number of benzene rings is 3. The SMILES string of the molecule is COc1cccc(C2CCN(CCOC(c3ccccc3)c3ccccc3)C2)c1. The monoisotopic (exact) mass is 387 g/mol. The van der Waals surface area contributed by atoms with E-state index in [4.69, 9.17) is 9.47 Å². The van der Waals surface area contributed by atoms with Crippen molar-refractivity contribution < 1.29 is 9.47 Å². The molecule has 3 aromatic carbocycles. The van der Waals surface area contributed by atoms with E-state index in [9.17, 15) is 0 Å². The van der Waals surface area contributed by atoms with Crippen LogP contribution >= 0.6 is 0 Å². The minimum absolute atomic E-state index is 0.0193. The maximum absolute atomic E-state index is 6.39. The van der Waals surface area contributed by atoms with Gasteiger partial charge < -0.3 is 14.4 Å². The molecular formula is C26H29NO2. The van der Waals surface area contributed by atoms with Crippen LogP contribution in [0.5, 0.6) is 5.75 Å². The van der Waals surface area contributed by atoms with Crippen LogP contribution in [-0.4, -0.2) is 38.3 Å². The summed E-state index contributed by atoms with van der Waals surface area (Å²) in [5, 5.41) is 0. The normalized spacial score (nSPS) is 17.0. The molecule has 29 heavy (non-hydrogen) atoms. The molecule has 0 N–H and O–H groups in total. The van der Waals surface area contributed by atoms with E-state index in [1.54, 1.807) is 7.11 Å². The zero-order valence-corrected chi connectivity index (χ0v) is 17.0. The lowest BCUT2D eigenvalue weighted by Gasteiger charge is -2.22. The van der Waals surface area contributed by atoms with E-state index in [-0.39, 0.29) is 6.10 Å². The first-order chi connectivity index (χ1) is 14.3. The predicted octanol–water partition coefficient (Wildman–Crippen LogP) is 5.29. The highest BCUT2D eigenvalue weighted by Gasteiger charge is 2.24. The van der Waals surface area contributed by atoms with Crippen molar-refractivity contribution in [2.45, 2.75) is 18.4 Å². The van der Waals surface area contributed by atoms with Gasteiger partial charge in [-0.25, -0.2) is 0 Å². The standard InChI is InChI=1S/C26H29NO2/c1-28-25-14-8-13-23(19-25)24-15-16-27(20-24)17-18-29-26(21-9-4-2-5-10-21)22-11-6-3-7-12-22/h2-14,19,24,26H,15-18,20H2,1H3. The van der Waals surface area contributed by atoms with Gasteiger partial charge in [0.2, 0.25) is 0 Å². The average Bonchev–Trinajstić information content (AvgIpc) is 3.27. The summed E-state index contributed by atoms with van der Waals surface area (Å²) in [4.78, 5) is 2.51. The summed E-state index contributed by atoms with van der Waals surface area (Å²) in [5.41, 5.74) is 3.78. The molecule has 150 valence electrons. The van der Waals surface area contributed by atoms with Gasteiger partial charge in [-0.05, 0) is 47.7 Å². The number of rotatable bonds is 8. The Kier molecular flexibility index (Phi) is 6.60. The van der Waals surface area contributed by atoms with Crippen LogP contribution < -0.4 is 4.74 Å². The molecule has 1 fully saturated rings. The van der Waals surface area contributed by atoms with Crippen LogP contribution in [-0.2, 0) is 4.74 Å². The van der Waals surface area contributed by atoms with Crippen molar-refractivity contribution in [1.82, 2.24) is 4.90 Å². The molecule has 1 aliphatic rings. The lowest BCUT2D eigenvalue weighted by Crippen LogP contribution is -2.26. The van der Waals surface area contributed by atoms with E-state index >= 15 is 0 Å². The van der Waals surface area contributed by atoms with Gasteiger partial charge in [-0.1, -0.05) is 72.8 Å². The number of ether oxygens (including phenoxy) is 2. The molecule has 0 saturated carbocycles. The van der Waals surface area contributed by atoms with Crippen LogP contribution in [0.15, 0.2) is 84.9 Å². The molecule has 3 aromatic rings. The molecular weight excluding hydrogens is 358 g/mol. The molecule has 1 heterocycles. The van der Waals surface area contributed by atoms with E-state index < -0.39 is 0 Å². The van der Waals surface area contributed by atoms with Crippen LogP contribution in [0.1, 0.15) is 35.1 Å². The van der Waals surface area contributed by atoms with E-state index in [1.165, 1.54) is 23.1 Å². The molecule has 0 spiro atoms. The van der Waals surface area contributed by atoms with Crippen molar-refractivity contribution in [2.24, 2.45) is 0 Å². The highest BCUT2D eigenvalue weighted by molar-refractivity contribution is 5.32. The van der Waals surface area contributed by atoms with E-state index in [0.717, 1.165) is 32.0 Å². The number of nitrogens with zero attached hydrogens (tertiary/aromatic N) is 1. The number of hydrogen-bond acceptors (Lipinski definition) is 3. The molecule has 0 radical (unpaired) electrons. The smallest absolute Gasteiger partial charge is 0.119 e. The number of methoxy groups -OCH3 is 1. The maximum Gasteiger partial charge on any atom is 0.119 e. The maximum atomic E-state index is 6.39. The quantitative estimate of drug-likeness (QED) is 0.524. The fourth-order valence-electron chi connectivity index (χ4n) is 4.14. The minimum atomic E-state index is -0.0193. The first kappa shape index (κ1) is 19.7. The molecule has 0 bridgehead atoms. The third kappa shape index (κ3) is 5.06. The van der Waals surface area contributed by atoms with Gasteiger partial charge in [0.25, 0.3) is 0 Å². The summed E-state index contributed by atoms with van der Waals surface area (Å²) >= 11 is 0. The Hall–Kier alpha value is -2.62. The van der Waals surface area contributed by atoms with Crippen LogP contribution in [0.4, 0.5) is 0 Å². The zero-order valence-electron chi connectivity index (χ0n) is 17.0. The molecule has 1 aliphatic heterocycles. The Morgan fingerprint density at radius 1 is 0.897 bits per heavy atom. The van der Waals surface area contributed by atoms with Crippen LogP contribution in [0.2, 0.25) is 0 Å². The summed E-state index contributed by atoms with van der Waals surface area (Å²) in [6.45, 7) is 3.88. The van der Waals surface area contributed by atoms with Crippen LogP contribution in [0.25, 0.3) is 0 Å². The van der Waals surface area contributed by atoms with E-state index in [2.05, 4.69) is 83.8 Å².